The Morgan fingerprint density at radius 2 is 0.952 bits per heavy atom. The Morgan fingerprint density at radius 1 is 0.468 bits per heavy atom. The summed E-state index contributed by atoms with van der Waals surface area (Å²) < 4.78 is 5.95. The lowest BCUT2D eigenvalue weighted by Gasteiger charge is -2.13. The second kappa shape index (κ2) is 23.2. The van der Waals surface area contributed by atoms with Crippen LogP contribution in [0.25, 0.3) is 10.8 Å². The molecule has 7 nitrogen and oxygen atoms in total. The summed E-state index contributed by atoms with van der Waals surface area (Å²) in [6.07, 6.45) is 2.06. The monoisotopic (exact) mass is 901 g/mol. The molecule has 0 saturated heterocycles. The van der Waals surface area contributed by atoms with Crippen LogP contribution in [0.3, 0.4) is 0 Å². The Bertz CT molecular complexity index is 2660. The maximum Gasteiger partial charge on any atom is 0.134 e. The molecule has 0 aliphatic rings. The SMILES string of the molecule is CSc1ccc(CNc2ccc(O)c(Cl)c2)cc1.Oc1ccc(NCc2cccc3ccccc23)cc1Cl.Oc1ccc(NCc2ccccc2OCc2ccccc2)cc1Cl. The van der Waals surface area contributed by atoms with Gasteiger partial charge in [0.15, 0.2) is 0 Å². The minimum absolute atomic E-state index is 0.0776. The molecule has 0 bridgehead atoms. The molecule has 8 aromatic rings. The molecule has 0 aliphatic carbocycles. The van der Waals surface area contributed by atoms with Gasteiger partial charge in [0.05, 0.1) is 15.1 Å². The van der Waals surface area contributed by atoms with Crippen molar-refractivity contribution in [2.24, 2.45) is 0 Å². The van der Waals surface area contributed by atoms with E-state index >= 15 is 0 Å². The van der Waals surface area contributed by atoms with Crippen LogP contribution in [-0.4, -0.2) is 21.6 Å². The zero-order chi connectivity index (χ0) is 43.7. The van der Waals surface area contributed by atoms with Crippen LogP contribution in [0.15, 0.2) is 181 Å². The van der Waals surface area contributed by atoms with Crippen LogP contribution in [0, 0.1) is 0 Å². The third-order valence-corrected chi connectivity index (χ3v) is 11.2. The predicted octanol–water partition coefficient (Wildman–Crippen LogP) is 14.4. The number of thioether (sulfide) groups is 1. The molecular weight excluding hydrogens is 857 g/mol. The minimum Gasteiger partial charge on any atom is -0.506 e. The van der Waals surface area contributed by atoms with E-state index in [4.69, 9.17) is 39.5 Å². The Labute approximate surface area is 381 Å². The maximum atomic E-state index is 9.47. The number of hydrogen-bond acceptors (Lipinski definition) is 8. The number of para-hydroxylation sites is 1. The molecule has 0 atom stereocenters. The normalized spacial score (nSPS) is 10.5. The first-order valence-corrected chi connectivity index (χ1v) is 22.0. The van der Waals surface area contributed by atoms with Gasteiger partial charge in [0, 0.05) is 47.2 Å². The standard InChI is InChI=1S/C20H18ClNO2.C17H14ClNO.C14H14ClNOS/c21-18-12-17(10-11-19(18)23)22-13-16-8-4-5-9-20(16)24-14-15-6-2-1-3-7-15;18-16-10-14(8-9-17(16)20)19-11-13-6-3-5-12-4-1-2-7-15(12)13;1-18-12-5-2-10(3-6-12)9-16-11-4-7-14(17)13(15)8-11/h1-12,22-23H,13-14H2;1-10,19-20H,11H2;2-8,16-17H,9H2,1H3. The lowest BCUT2D eigenvalue weighted by Crippen LogP contribution is -2.03. The number of benzene rings is 8. The van der Waals surface area contributed by atoms with Crippen molar-refractivity contribution in [3.05, 3.63) is 213 Å². The predicted molar refractivity (Wildman–Crippen MR) is 261 cm³/mol. The number of phenols is 3. The summed E-state index contributed by atoms with van der Waals surface area (Å²) in [7, 11) is 0. The highest BCUT2D eigenvalue weighted by molar-refractivity contribution is 7.98. The van der Waals surface area contributed by atoms with Crippen LogP contribution in [0.5, 0.6) is 23.0 Å². The van der Waals surface area contributed by atoms with E-state index in [1.54, 1.807) is 60.3 Å². The van der Waals surface area contributed by atoms with E-state index in [0.29, 0.717) is 34.8 Å². The molecule has 11 heteroatoms. The molecule has 0 aliphatic heterocycles. The number of aromatic hydroxyl groups is 3. The molecule has 8 aromatic carbocycles. The number of phenolic OH excluding ortho intramolecular Hbond substituents is 3. The molecule has 0 aromatic heterocycles. The van der Waals surface area contributed by atoms with Crippen LogP contribution >= 0.6 is 46.6 Å². The zero-order valence-electron chi connectivity index (χ0n) is 33.9. The Morgan fingerprint density at radius 3 is 1.53 bits per heavy atom. The Kier molecular flexibility index (Phi) is 17.0. The van der Waals surface area contributed by atoms with Gasteiger partial charge in [-0.3, -0.25) is 0 Å². The van der Waals surface area contributed by atoms with E-state index in [1.165, 1.54) is 26.8 Å². The van der Waals surface area contributed by atoms with Gasteiger partial charge in [-0.15, -0.1) is 11.8 Å². The number of fused-ring (bicyclic) bond motifs is 1. The summed E-state index contributed by atoms with van der Waals surface area (Å²) in [5.74, 6) is 1.13. The van der Waals surface area contributed by atoms with Crippen molar-refractivity contribution in [2.45, 2.75) is 31.1 Å². The van der Waals surface area contributed by atoms with Gasteiger partial charge < -0.3 is 36.0 Å². The third kappa shape index (κ3) is 13.7. The van der Waals surface area contributed by atoms with Gasteiger partial charge in [-0.1, -0.05) is 138 Å². The average Bonchev–Trinajstić information content (AvgIpc) is 3.30. The van der Waals surface area contributed by atoms with Crippen LogP contribution in [-0.2, 0) is 26.2 Å². The molecule has 0 fully saturated rings. The molecule has 6 N–H and O–H groups in total. The number of nitrogens with one attached hydrogen (secondary N) is 3. The van der Waals surface area contributed by atoms with Gasteiger partial charge in [-0.2, -0.15) is 0 Å². The summed E-state index contributed by atoms with van der Waals surface area (Å²) in [6, 6.07) is 56.3. The van der Waals surface area contributed by atoms with Crippen molar-refractivity contribution >= 4 is 74.4 Å². The fourth-order valence-corrected chi connectivity index (χ4v) is 7.12. The van der Waals surface area contributed by atoms with E-state index in [1.807, 2.05) is 72.8 Å². The molecule has 8 rings (SSSR count). The summed E-state index contributed by atoms with van der Waals surface area (Å²) in [5, 5.41) is 41.6. The molecule has 0 unspecified atom stereocenters. The van der Waals surface area contributed by atoms with E-state index in [-0.39, 0.29) is 17.2 Å². The molecule has 62 heavy (non-hydrogen) atoms. The van der Waals surface area contributed by atoms with Gasteiger partial charge in [-0.25, -0.2) is 0 Å². The van der Waals surface area contributed by atoms with Gasteiger partial charge in [0.25, 0.3) is 0 Å². The highest BCUT2D eigenvalue weighted by atomic mass is 35.5. The quantitative estimate of drug-likeness (QED) is 0.0502. The lowest BCUT2D eigenvalue weighted by atomic mass is 10.0. The largest absolute Gasteiger partial charge is 0.506 e. The van der Waals surface area contributed by atoms with E-state index < -0.39 is 0 Å². The van der Waals surface area contributed by atoms with Crippen molar-refractivity contribution in [3.8, 4) is 23.0 Å². The zero-order valence-corrected chi connectivity index (χ0v) is 36.9. The Hall–Kier alpha value is -6.16. The van der Waals surface area contributed by atoms with Gasteiger partial charge in [0.1, 0.15) is 29.6 Å². The van der Waals surface area contributed by atoms with Crippen LogP contribution < -0.4 is 20.7 Å². The lowest BCUT2D eigenvalue weighted by molar-refractivity contribution is 0.303. The summed E-state index contributed by atoms with van der Waals surface area (Å²) in [5.41, 5.74) is 7.25. The third-order valence-electron chi connectivity index (χ3n) is 9.55. The van der Waals surface area contributed by atoms with Crippen molar-refractivity contribution in [1.82, 2.24) is 0 Å². The van der Waals surface area contributed by atoms with Crippen LogP contribution in [0.2, 0.25) is 15.1 Å². The summed E-state index contributed by atoms with van der Waals surface area (Å²) >= 11 is 19.4. The van der Waals surface area contributed by atoms with Gasteiger partial charge in [0.2, 0.25) is 0 Å². The Balaban J connectivity index is 0.000000157. The van der Waals surface area contributed by atoms with E-state index in [2.05, 4.69) is 76.8 Å². The van der Waals surface area contributed by atoms with Gasteiger partial charge >= 0.3 is 0 Å². The highest BCUT2D eigenvalue weighted by Gasteiger charge is 2.06. The smallest absolute Gasteiger partial charge is 0.134 e. The average molecular weight is 903 g/mol. The van der Waals surface area contributed by atoms with E-state index in [9.17, 15) is 15.3 Å². The topological polar surface area (TPSA) is 106 Å². The number of halogens is 3. The van der Waals surface area contributed by atoms with E-state index in [0.717, 1.165) is 40.5 Å². The fraction of sp³-hybridized carbons (Fsp3) is 0.0980. The first kappa shape index (κ1) is 45.4. The maximum absolute atomic E-state index is 9.47. The number of anilines is 3. The van der Waals surface area contributed by atoms with Crippen LogP contribution in [0.1, 0.15) is 22.3 Å². The first-order chi connectivity index (χ1) is 30.1. The molecule has 0 heterocycles. The second-order valence-electron chi connectivity index (χ2n) is 13.9. The molecule has 0 saturated carbocycles. The molecular formula is C51H46Cl3N3O4S. The van der Waals surface area contributed by atoms with Crippen molar-refractivity contribution in [3.63, 3.8) is 0 Å². The van der Waals surface area contributed by atoms with Crippen LogP contribution in [0.4, 0.5) is 17.1 Å². The van der Waals surface area contributed by atoms with Gasteiger partial charge in [-0.05, 0) is 107 Å². The van der Waals surface area contributed by atoms with Crippen molar-refractivity contribution in [1.29, 1.82) is 0 Å². The molecule has 0 radical (unpaired) electrons. The minimum atomic E-state index is 0.0776. The first-order valence-electron chi connectivity index (χ1n) is 19.7. The molecule has 316 valence electrons. The number of ether oxygens (including phenoxy) is 1. The number of rotatable bonds is 13. The second-order valence-corrected chi connectivity index (χ2v) is 16.0. The molecule has 0 spiro atoms. The highest BCUT2D eigenvalue weighted by Crippen LogP contribution is 2.30. The molecule has 0 amide bonds. The van der Waals surface area contributed by atoms with Crippen molar-refractivity contribution in [2.75, 3.05) is 22.2 Å². The summed E-state index contributed by atoms with van der Waals surface area (Å²) in [4.78, 5) is 1.26. The number of hydrogen-bond donors (Lipinski definition) is 6. The van der Waals surface area contributed by atoms with Crippen molar-refractivity contribution < 1.29 is 20.1 Å². The fourth-order valence-electron chi connectivity index (χ4n) is 6.17. The summed E-state index contributed by atoms with van der Waals surface area (Å²) in [6.45, 7) is 2.58.